The van der Waals surface area contributed by atoms with E-state index in [2.05, 4.69) is 10.4 Å². The first-order chi connectivity index (χ1) is 15.7. The Morgan fingerprint density at radius 2 is 1.53 bits per heavy atom. The standard InChI is InChI=1S/C26H22N4O2/c31-25(27-15-13-19-7-3-1-4-8-19)21-11-12-22-24(17-21)29(18-20-9-5-2-6-10-20)26(32)23-14-16-28-30(22)23/h1-12,14,16-17H,13,15,18H2,(H,27,31). The quantitative estimate of drug-likeness (QED) is 0.454. The highest BCUT2D eigenvalue weighted by Gasteiger charge is 2.14. The van der Waals surface area contributed by atoms with Crippen molar-refractivity contribution in [3.63, 3.8) is 0 Å². The van der Waals surface area contributed by atoms with Crippen LogP contribution in [0.4, 0.5) is 0 Å². The minimum Gasteiger partial charge on any atom is -0.352 e. The molecule has 1 amide bonds. The summed E-state index contributed by atoms with van der Waals surface area (Å²) in [6.45, 7) is 0.951. The second-order valence-corrected chi connectivity index (χ2v) is 7.70. The number of nitrogens with zero attached hydrogens (tertiary/aromatic N) is 3. The SMILES string of the molecule is O=C(NCCc1ccccc1)c1ccc2c(c1)n(Cc1ccccc1)c(=O)c1ccnn12. The highest BCUT2D eigenvalue weighted by atomic mass is 16.1. The number of nitrogens with one attached hydrogen (secondary N) is 1. The van der Waals surface area contributed by atoms with Crippen LogP contribution >= 0.6 is 0 Å². The zero-order chi connectivity index (χ0) is 21.9. The Bertz CT molecular complexity index is 1450. The number of aromatic nitrogens is 3. The molecule has 32 heavy (non-hydrogen) atoms. The first-order valence-corrected chi connectivity index (χ1v) is 10.6. The van der Waals surface area contributed by atoms with E-state index in [0.29, 0.717) is 29.7 Å². The van der Waals surface area contributed by atoms with Gasteiger partial charge in [-0.1, -0.05) is 60.7 Å². The van der Waals surface area contributed by atoms with Gasteiger partial charge in [0.1, 0.15) is 5.52 Å². The molecule has 0 saturated carbocycles. The predicted molar refractivity (Wildman–Crippen MR) is 125 cm³/mol. The van der Waals surface area contributed by atoms with Gasteiger partial charge in [0, 0.05) is 12.1 Å². The summed E-state index contributed by atoms with van der Waals surface area (Å²) in [6.07, 6.45) is 2.38. The lowest BCUT2D eigenvalue weighted by molar-refractivity contribution is 0.0954. The molecular formula is C26H22N4O2. The number of carbonyl (C=O) groups is 1. The number of hydrogen-bond donors (Lipinski definition) is 1. The van der Waals surface area contributed by atoms with Crippen LogP contribution in [-0.4, -0.2) is 26.6 Å². The number of fused-ring (bicyclic) bond motifs is 3. The van der Waals surface area contributed by atoms with Crippen molar-refractivity contribution in [3.8, 4) is 0 Å². The van der Waals surface area contributed by atoms with E-state index < -0.39 is 0 Å². The molecule has 0 radical (unpaired) electrons. The fourth-order valence-corrected chi connectivity index (χ4v) is 3.95. The van der Waals surface area contributed by atoms with Crippen molar-refractivity contribution < 1.29 is 4.79 Å². The van der Waals surface area contributed by atoms with Crippen molar-refractivity contribution in [2.75, 3.05) is 6.54 Å². The molecule has 158 valence electrons. The van der Waals surface area contributed by atoms with E-state index in [9.17, 15) is 9.59 Å². The number of rotatable bonds is 6. The lowest BCUT2D eigenvalue weighted by Crippen LogP contribution is -2.27. The molecule has 3 aromatic carbocycles. The van der Waals surface area contributed by atoms with Crippen LogP contribution < -0.4 is 10.9 Å². The van der Waals surface area contributed by atoms with Gasteiger partial charge in [-0.15, -0.1) is 0 Å². The van der Waals surface area contributed by atoms with Crippen molar-refractivity contribution in [3.05, 3.63) is 118 Å². The maximum Gasteiger partial charge on any atom is 0.277 e. The van der Waals surface area contributed by atoms with Crippen LogP contribution in [0.25, 0.3) is 16.6 Å². The molecule has 5 aromatic rings. The molecule has 1 N–H and O–H groups in total. The van der Waals surface area contributed by atoms with Gasteiger partial charge in [0.05, 0.1) is 23.8 Å². The summed E-state index contributed by atoms with van der Waals surface area (Å²) in [5, 5.41) is 7.30. The maximum absolute atomic E-state index is 13.2. The Labute approximate surface area is 184 Å². The van der Waals surface area contributed by atoms with Crippen LogP contribution in [0.15, 0.2) is 95.9 Å². The molecule has 0 aliphatic carbocycles. The first-order valence-electron chi connectivity index (χ1n) is 10.6. The number of carbonyl (C=O) groups excluding carboxylic acids is 1. The summed E-state index contributed by atoms with van der Waals surface area (Å²) in [6, 6.07) is 27.0. The van der Waals surface area contributed by atoms with Gasteiger partial charge in [0.2, 0.25) is 0 Å². The fourth-order valence-electron chi connectivity index (χ4n) is 3.95. The second-order valence-electron chi connectivity index (χ2n) is 7.70. The third-order valence-electron chi connectivity index (χ3n) is 5.59. The van der Waals surface area contributed by atoms with Gasteiger partial charge in [-0.05, 0) is 41.8 Å². The molecule has 2 aromatic heterocycles. The summed E-state index contributed by atoms with van der Waals surface area (Å²) in [5.41, 5.74) is 4.51. The fraction of sp³-hybridized carbons (Fsp3) is 0.115. The lowest BCUT2D eigenvalue weighted by Gasteiger charge is -2.13. The van der Waals surface area contributed by atoms with E-state index >= 15 is 0 Å². The third kappa shape index (κ3) is 3.78. The molecule has 0 unspecified atom stereocenters. The minimum atomic E-state index is -0.165. The van der Waals surface area contributed by atoms with Crippen LogP contribution in [0.1, 0.15) is 21.5 Å². The number of amides is 1. The highest BCUT2D eigenvalue weighted by Crippen LogP contribution is 2.18. The van der Waals surface area contributed by atoms with Gasteiger partial charge < -0.3 is 9.88 Å². The molecule has 0 spiro atoms. The topological polar surface area (TPSA) is 68.4 Å². The molecule has 5 rings (SSSR count). The average molecular weight is 422 g/mol. The van der Waals surface area contributed by atoms with Crippen LogP contribution in [0, 0.1) is 0 Å². The van der Waals surface area contributed by atoms with Crippen molar-refractivity contribution in [1.82, 2.24) is 19.5 Å². The van der Waals surface area contributed by atoms with Gasteiger partial charge in [-0.2, -0.15) is 5.10 Å². The Morgan fingerprint density at radius 1 is 0.812 bits per heavy atom. The minimum absolute atomic E-state index is 0.138. The second kappa shape index (κ2) is 8.51. The van der Waals surface area contributed by atoms with Gasteiger partial charge in [0.15, 0.2) is 0 Å². The molecule has 6 nitrogen and oxygen atoms in total. The van der Waals surface area contributed by atoms with E-state index in [1.807, 2.05) is 66.7 Å². The van der Waals surface area contributed by atoms with Crippen molar-refractivity contribution in [2.45, 2.75) is 13.0 Å². The van der Waals surface area contributed by atoms with Crippen LogP contribution in [0.5, 0.6) is 0 Å². The maximum atomic E-state index is 13.2. The summed E-state index contributed by atoms with van der Waals surface area (Å²) in [7, 11) is 0. The summed E-state index contributed by atoms with van der Waals surface area (Å²) in [5.74, 6) is -0.165. The molecule has 0 aliphatic heterocycles. The first kappa shape index (κ1) is 19.8. The van der Waals surface area contributed by atoms with E-state index in [-0.39, 0.29) is 11.5 Å². The molecule has 0 fully saturated rings. The summed E-state index contributed by atoms with van der Waals surface area (Å²) in [4.78, 5) is 26.0. The zero-order valence-corrected chi connectivity index (χ0v) is 17.4. The summed E-state index contributed by atoms with van der Waals surface area (Å²) >= 11 is 0. The Morgan fingerprint density at radius 3 is 2.28 bits per heavy atom. The monoisotopic (exact) mass is 422 g/mol. The largest absolute Gasteiger partial charge is 0.352 e. The van der Waals surface area contributed by atoms with Gasteiger partial charge >= 0.3 is 0 Å². The smallest absolute Gasteiger partial charge is 0.277 e. The van der Waals surface area contributed by atoms with Crippen molar-refractivity contribution >= 4 is 22.5 Å². The normalized spacial score (nSPS) is 11.1. The number of benzene rings is 3. The van der Waals surface area contributed by atoms with E-state index in [1.165, 1.54) is 5.56 Å². The zero-order valence-electron chi connectivity index (χ0n) is 17.4. The Hall–Kier alpha value is -4.19. The molecule has 2 heterocycles. The number of hydrogen-bond acceptors (Lipinski definition) is 3. The third-order valence-corrected chi connectivity index (χ3v) is 5.59. The van der Waals surface area contributed by atoms with Crippen LogP contribution in [0.2, 0.25) is 0 Å². The van der Waals surface area contributed by atoms with E-state index in [1.54, 1.807) is 33.5 Å². The van der Waals surface area contributed by atoms with Crippen molar-refractivity contribution in [2.24, 2.45) is 0 Å². The molecular weight excluding hydrogens is 400 g/mol. The Kier molecular flexibility index (Phi) is 5.25. The molecule has 0 atom stereocenters. The van der Waals surface area contributed by atoms with Crippen molar-refractivity contribution in [1.29, 1.82) is 0 Å². The van der Waals surface area contributed by atoms with Gasteiger partial charge in [-0.25, -0.2) is 4.52 Å². The van der Waals surface area contributed by atoms with E-state index in [4.69, 9.17) is 0 Å². The average Bonchev–Trinajstić information content (AvgIpc) is 3.33. The molecule has 0 bridgehead atoms. The van der Waals surface area contributed by atoms with Crippen LogP contribution in [-0.2, 0) is 13.0 Å². The van der Waals surface area contributed by atoms with Crippen LogP contribution in [0.3, 0.4) is 0 Å². The van der Waals surface area contributed by atoms with Gasteiger partial charge in [0.25, 0.3) is 11.5 Å². The lowest BCUT2D eigenvalue weighted by atomic mass is 10.1. The molecule has 6 heteroatoms. The molecule has 0 saturated heterocycles. The van der Waals surface area contributed by atoms with Gasteiger partial charge in [-0.3, -0.25) is 9.59 Å². The summed E-state index contributed by atoms with van der Waals surface area (Å²) < 4.78 is 3.35. The molecule has 0 aliphatic rings. The predicted octanol–water partition coefficient (Wildman–Crippen LogP) is 3.67. The Balaban J connectivity index is 1.50. The highest BCUT2D eigenvalue weighted by molar-refractivity contribution is 5.97. The van der Waals surface area contributed by atoms with E-state index in [0.717, 1.165) is 17.5 Å².